The molecular weight excluding hydrogens is 440 g/mol. The number of fused-ring (bicyclic) bond motifs is 1. The average Bonchev–Trinajstić information content (AvgIpc) is 3.50. The highest BCUT2D eigenvalue weighted by Crippen LogP contribution is 2.48. The van der Waals surface area contributed by atoms with Gasteiger partial charge in [0.1, 0.15) is 6.10 Å². The monoisotopic (exact) mass is 476 g/mol. The number of Topliss-reactive ketones (excluding diaryl/α,β-unsaturated/α-hetero) is 1. The molecule has 2 aromatic rings. The van der Waals surface area contributed by atoms with Crippen LogP contribution < -0.4 is 9.47 Å². The van der Waals surface area contributed by atoms with Crippen molar-refractivity contribution < 1.29 is 23.8 Å². The zero-order chi connectivity index (χ0) is 24.4. The second-order valence-corrected chi connectivity index (χ2v) is 10.4. The van der Waals surface area contributed by atoms with Gasteiger partial charge < -0.3 is 14.2 Å². The van der Waals surface area contributed by atoms with Crippen LogP contribution in [-0.2, 0) is 22.4 Å². The number of ketones is 1. The first-order valence-corrected chi connectivity index (χ1v) is 13.2. The quantitative estimate of drug-likeness (QED) is 0.388. The first kappa shape index (κ1) is 23.9. The summed E-state index contributed by atoms with van der Waals surface area (Å²) >= 11 is 0. The topological polar surface area (TPSA) is 61.8 Å². The lowest BCUT2D eigenvalue weighted by Crippen LogP contribution is -2.40. The number of methoxy groups -OCH3 is 2. The van der Waals surface area contributed by atoms with E-state index in [-0.39, 0.29) is 23.3 Å². The minimum atomic E-state index is -0.324. The summed E-state index contributed by atoms with van der Waals surface area (Å²) < 4.78 is 17.4. The molecule has 5 nitrogen and oxygen atoms in total. The van der Waals surface area contributed by atoms with Gasteiger partial charge in [-0.15, -0.1) is 0 Å². The third-order valence-electron chi connectivity index (χ3n) is 8.42. The molecule has 0 amide bonds. The Hall–Kier alpha value is -2.82. The van der Waals surface area contributed by atoms with Crippen LogP contribution in [0.15, 0.2) is 30.3 Å². The number of benzene rings is 2. The maximum Gasteiger partial charge on any atom is 0.312 e. The van der Waals surface area contributed by atoms with E-state index in [1.54, 1.807) is 14.2 Å². The zero-order valence-electron chi connectivity index (χ0n) is 21.0. The molecule has 186 valence electrons. The molecule has 2 fully saturated rings. The standard InChI is InChI=1S/C30H36O5/c1-33-27-16-14-23(21-10-5-11-24-22(21)13-15-26(24)31)25(28(27)34-2)12-6-17-30(18-7-19-30)29(32)35-20-8-3-4-9-20/h5,10-11,14,16,20H,3-4,6-9,12-13,15,17-19H2,1-2H3. The summed E-state index contributed by atoms with van der Waals surface area (Å²) in [7, 11) is 3.33. The Morgan fingerprint density at radius 1 is 0.943 bits per heavy atom. The van der Waals surface area contributed by atoms with E-state index in [1.807, 2.05) is 18.2 Å². The van der Waals surface area contributed by atoms with Crippen LogP contribution in [0, 0.1) is 5.41 Å². The SMILES string of the molecule is COc1ccc(-c2cccc3c2CCC3=O)c(CCCC2(C(=O)OC3CCCC3)CCC2)c1OC. The molecule has 0 heterocycles. The molecule has 0 aromatic heterocycles. The third kappa shape index (κ3) is 4.46. The summed E-state index contributed by atoms with van der Waals surface area (Å²) in [6, 6.07) is 10.0. The maximum atomic E-state index is 13.1. The largest absolute Gasteiger partial charge is 0.493 e. The molecule has 2 saturated carbocycles. The second kappa shape index (κ2) is 10.0. The van der Waals surface area contributed by atoms with Crippen molar-refractivity contribution in [1.82, 2.24) is 0 Å². The number of hydrogen-bond acceptors (Lipinski definition) is 5. The van der Waals surface area contributed by atoms with Gasteiger partial charge in [0.2, 0.25) is 0 Å². The number of carbonyl (C=O) groups excluding carboxylic acids is 2. The normalized spacial score (nSPS) is 18.7. The Bertz CT molecular complexity index is 1110. The summed E-state index contributed by atoms with van der Waals surface area (Å²) in [4.78, 5) is 25.5. The molecule has 0 atom stereocenters. The Balaban J connectivity index is 1.40. The van der Waals surface area contributed by atoms with E-state index in [9.17, 15) is 9.59 Å². The minimum Gasteiger partial charge on any atom is -0.493 e. The Labute approximate surface area is 208 Å². The van der Waals surface area contributed by atoms with Crippen molar-refractivity contribution >= 4 is 11.8 Å². The lowest BCUT2D eigenvalue weighted by molar-refractivity contribution is -0.167. The number of carbonyl (C=O) groups is 2. The summed E-state index contributed by atoms with van der Waals surface area (Å²) in [5.74, 6) is 1.68. The number of esters is 1. The van der Waals surface area contributed by atoms with Crippen molar-refractivity contribution in [1.29, 1.82) is 0 Å². The van der Waals surface area contributed by atoms with Crippen LogP contribution >= 0.6 is 0 Å². The van der Waals surface area contributed by atoms with Gasteiger partial charge in [-0.25, -0.2) is 0 Å². The van der Waals surface area contributed by atoms with Crippen LogP contribution in [0.2, 0.25) is 0 Å². The van der Waals surface area contributed by atoms with Gasteiger partial charge in [0.15, 0.2) is 17.3 Å². The molecule has 5 rings (SSSR count). The van der Waals surface area contributed by atoms with Crippen molar-refractivity contribution in [2.24, 2.45) is 5.41 Å². The maximum absolute atomic E-state index is 13.1. The lowest BCUT2D eigenvalue weighted by Gasteiger charge is -2.40. The molecule has 0 unspecified atom stereocenters. The molecule has 0 bridgehead atoms. The fraction of sp³-hybridized carbons (Fsp3) is 0.533. The van der Waals surface area contributed by atoms with E-state index >= 15 is 0 Å². The molecule has 0 spiro atoms. The van der Waals surface area contributed by atoms with Crippen molar-refractivity contribution in [2.75, 3.05) is 14.2 Å². The average molecular weight is 477 g/mol. The predicted octanol–water partition coefficient (Wildman–Crippen LogP) is 6.48. The molecule has 0 saturated heterocycles. The smallest absolute Gasteiger partial charge is 0.312 e. The number of ether oxygens (including phenoxy) is 3. The van der Waals surface area contributed by atoms with E-state index in [4.69, 9.17) is 14.2 Å². The van der Waals surface area contributed by atoms with Crippen LogP contribution in [0.4, 0.5) is 0 Å². The minimum absolute atomic E-state index is 0.0212. The summed E-state index contributed by atoms with van der Waals surface area (Å²) in [6.07, 6.45) is 11.2. The lowest BCUT2D eigenvalue weighted by atomic mass is 9.65. The summed E-state index contributed by atoms with van der Waals surface area (Å²) in [6.45, 7) is 0. The molecule has 0 aliphatic heterocycles. The molecule has 2 aromatic carbocycles. The molecule has 0 radical (unpaired) electrons. The van der Waals surface area contributed by atoms with Gasteiger partial charge in [0.25, 0.3) is 0 Å². The van der Waals surface area contributed by atoms with Crippen LogP contribution in [0.25, 0.3) is 11.1 Å². The van der Waals surface area contributed by atoms with E-state index in [2.05, 4.69) is 12.1 Å². The summed E-state index contributed by atoms with van der Waals surface area (Å²) in [5.41, 5.74) is 4.91. The predicted molar refractivity (Wildman–Crippen MR) is 135 cm³/mol. The van der Waals surface area contributed by atoms with Crippen LogP contribution in [0.1, 0.15) is 85.7 Å². The van der Waals surface area contributed by atoms with E-state index < -0.39 is 0 Å². The van der Waals surface area contributed by atoms with Crippen molar-refractivity contribution in [3.63, 3.8) is 0 Å². The summed E-state index contributed by atoms with van der Waals surface area (Å²) in [5, 5.41) is 0. The van der Waals surface area contributed by atoms with Crippen molar-refractivity contribution in [3.05, 3.63) is 47.0 Å². The molecule has 35 heavy (non-hydrogen) atoms. The van der Waals surface area contributed by atoms with Crippen LogP contribution in [-0.4, -0.2) is 32.1 Å². The fourth-order valence-electron chi connectivity index (χ4n) is 6.28. The Morgan fingerprint density at radius 3 is 2.40 bits per heavy atom. The van der Waals surface area contributed by atoms with Gasteiger partial charge in [-0.3, -0.25) is 9.59 Å². The van der Waals surface area contributed by atoms with E-state index in [0.717, 1.165) is 104 Å². The highest BCUT2D eigenvalue weighted by molar-refractivity contribution is 6.02. The molecule has 0 N–H and O–H groups in total. The Kier molecular flexibility index (Phi) is 6.86. The second-order valence-electron chi connectivity index (χ2n) is 10.4. The molecule has 5 heteroatoms. The van der Waals surface area contributed by atoms with Gasteiger partial charge in [-0.2, -0.15) is 0 Å². The van der Waals surface area contributed by atoms with E-state index in [1.165, 1.54) is 0 Å². The van der Waals surface area contributed by atoms with E-state index in [0.29, 0.717) is 12.2 Å². The first-order valence-electron chi connectivity index (χ1n) is 13.2. The van der Waals surface area contributed by atoms with Crippen molar-refractivity contribution in [3.8, 4) is 22.6 Å². The van der Waals surface area contributed by atoms with Gasteiger partial charge in [-0.05, 0) is 87.0 Å². The van der Waals surface area contributed by atoms with Gasteiger partial charge in [0.05, 0.1) is 19.6 Å². The molecule has 3 aliphatic rings. The number of rotatable bonds is 9. The zero-order valence-corrected chi connectivity index (χ0v) is 21.0. The van der Waals surface area contributed by atoms with Crippen LogP contribution in [0.3, 0.4) is 0 Å². The molecular formula is C30H36O5. The highest BCUT2D eigenvalue weighted by atomic mass is 16.5. The third-order valence-corrected chi connectivity index (χ3v) is 8.42. The van der Waals surface area contributed by atoms with Gasteiger partial charge >= 0.3 is 5.97 Å². The number of hydrogen-bond donors (Lipinski definition) is 0. The fourth-order valence-corrected chi connectivity index (χ4v) is 6.28. The highest BCUT2D eigenvalue weighted by Gasteiger charge is 2.45. The van der Waals surface area contributed by atoms with Gasteiger partial charge in [0, 0.05) is 17.5 Å². The first-order chi connectivity index (χ1) is 17.1. The Morgan fingerprint density at radius 2 is 1.71 bits per heavy atom. The van der Waals surface area contributed by atoms with Gasteiger partial charge in [-0.1, -0.05) is 30.7 Å². The molecule has 3 aliphatic carbocycles. The van der Waals surface area contributed by atoms with Crippen LogP contribution in [0.5, 0.6) is 11.5 Å². The van der Waals surface area contributed by atoms with Crippen molar-refractivity contribution in [2.45, 2.75) is 83.2 Å².